The summed E-state index contributed by atoms with van der Waals surface area (Å²) in [5.74, 6) is -1.94. The Hall–Kier alpha value is -5.06. The van der Waals surface area contributed by atoms with E-state index in [1.165, 1.54) is 29.2 Å². The molecule has 11 heteroatoms. The number of phenols is 2. The Morgan fingerprint density at radius 3 is 1.87 bits per heavy atom. The van der Waals surface area contributed by atoms with Gasteiger partial charge in [-0.05, 0) is 88.9 Å². The van der Waals surface area contributed by atoms with Crippen LogP contribution < -0.4 is 10.6 Å². The Kier molecular flexibility index (Phi) is 16.4. The quantitative estimate of drug-likeness (QED) is 0.0770. The van der Waals surface area contributed by atoms with Crippen molar-refractivity contribution in [1.29, 1.82) is 0 Å². The minimum absolute atomic E-state index is 0.0221. The molecule has 3 amide bonds. The lowest BCUT2D eigenvalue weighted by molar-refractivity contribution is -0.159. The maximum atomic E-state index is 15.0. The second kappa shape index (κ2) is 20.4. The molecule has 0 saturated heterocycles. The maximum Gasteiger partial charge on any atom is 0.408 e. The van der Waals surface area contributed by atoms with Gasteiger partial charge in [-0.15, -0.1) is 0 Å². The van der Waals surface area contributed by atoms with Gasteiger partial charge in [-0.3, -0.25) is 9.59 Å². The van der Waals surface area contributed by atoms with Crippen molar-refractivity contribution in [2.45, 2.75) is 129 Å². The molecule has 4 N–H and O–H groups in total. The van der Waals surface area contributed by atoms with E-state index in [-0.39, 0.29) is 30.9 Å². The number of carbonyl (C=O) groups is 4. The van der Waals surface area contributed by atoms with Gasteiger partial charge in [0.2, 0.25) is 11.8 Å². The maximum absolute atomic E-state index is 15.0. The van der Waals surface area contributed by atoms with Crippen molar-refractivity contribution < 1.29 is 38.9 Å². The third kappa shape index (κ3) is 15.1. The van der Waals surface area contributed by atoms with Crippen molar-refractivity contribution in [2.24, 2.45) is 0 Å². The highest BCUT2D eigenvalue weighted by atomic mass is 16.6. The summed E-state index contributed by atoms with van der Waals surface area (Å²) in [6, 6.07) is 18.0. The molecular weight excluding hydrogens is 686 g/mol. The van der Waals surface area contributed by atoms with Crippen LogP contribution in [0.25, 0.3) is 0 Å². The van der Waals surface area contributed by atoms with Gasteiger partial charge in [-0.25, -0.2) is 9.59 Å². The Morgan fingerprint density at radius 1 is 0.667 bits per heavy atom. The summed E-state index contributed by atoms with van der Waals surface area (Å²) in [5, 5.41) is 26.2. The van der Waals surface area contributed by atoms with Gasteiger partial charge in [0.05, 0.1) is 0 Å². The monoisotopic (exact) mass is 745 g/mol. The van der Waals surface area contributed by atoms with Crippen LogP contribution in [0.5, 0.6) is 11.5 Å². The third-order valence-electron chi connectivity index (χ3n) is 8.44. The highest BCUT2D eigenvalue weighted by molar-refractivity contribution is 5.94. The number of hydrogen-bond acceptors (Lipinski definition) is 8. The minimum Gasteiger partial charge on any atom is -0.508 e. The zero-order valence-electron chi connectivity index (χ0n) is 32.9. The fraction of sp³-hybridized carbons (Fsp3) is 0.488. The fourth-order valence-electron chi connectivity index (χ4n) is 5.98. The predicted octanol–water partition coefficient (Wildman–Crippen LogP) is 7.53. The summed E-state index contributed by atoms with van der Waals surface area (Å²) in [6.07, 6.45) is 4.79. The van der Waals surface area contributed by atoms with Gasteiger partial charge in [0.1, 0.15) is 40.8 Å². The molecule has 0 aromatic heterocycles. The standard InChI is InChI=1S/C43H59N3O8/c1-8-9-10-11-12-16-26-46(39(50)35(45-41(52)54-43(5,6)7)27-31-22-24-33(47)25-23-31)37(32-20-17-21-34(48)29-32)38(49)44-36(40(51)53-42(2,3)4)28-30-18-14-13-15-19-30/h13-15,17-25,29,35-37,47-48H,8-12,16,26-28H2,1-7H3,(H,44,49)(H,45,52). The van der Waals surface area contributed by atoms with E-state index in [9.17, 15) is 29.4 Å². The summed E-state index contributed by atoms with van der Waals surface area (Å²) in [5.41, 5.74) is 0.0603. The lowest BCUT2D eigenvalue weighted by atomic mass is 9.98. The molecule has 0 aliphatic rings. The normalized spacial score (nSPS) is 13.2. The molecule has 3 atom stereocenters. The van der Waals surface area contributed by atoms with Crippen LogP contribution >= 0.6 is 0 Å². The second-order valence-electron chi connectivity index (χ2n) is 15.7. The summed E-state index contributed by atoms with van der Waals surface area (Å²) in [7, 11) is 0. The number of amides is 3. The van der Waals surface area contributed by atoms with Gasteiger partial charge in [0.15, 0.2) is 0 Å². The number of aromatic hydroxyl groups is 2. The van der Waals surface area contributed by atoms with Gasteiger partial charge in [0.25, 0.3) is 0 Å². The molecular formula is C43H59N3O8. The molecule has 11 nitrogen and oxygen atoms in total. The van der Waals surface area contributed by atoms with E-state index < -0.39 is 53.2 Å². The van der Waals surface area contributed by atoms with Crippen molar-refractivity contribution in [3.8, 4) is 11.5 Å². The second-order valence-corrected chi connectivity index (χ2v) is 15.7. The Balaban J connectivity index is 2.12. The molecule has 3 aromatic rings. The SMILES string of the molecule is CCCCCCCCN(C(=O)C(Cc1ccc(O)cc1)NC(=O)OC(C)(C)C)C(C(=O)NC(Cc1ccccc1)C(=O)OC(C)(C)C)c1cccc(O)c1. The lowest BCUT2D eigenvalue weighted by Gasteiger charge is -2.35. The van der Waals surface area contributed by atoms with Crippen molar-refractivity contribution in [3.05, 3.63) is 95.6 Å². The summed E-state index contributed by atoms with van der Waals surface area (Å²) in [4.78, 5) is 58.0. The van der Waals surface area contributed by atoms with Crippen molar-refractivity contribution >= 4 is 23.9 Å². The highest BCUT2D eigenvalue weighted by Gasteiger charge is 2.38. The largest absolute Gasteiger partial charge is 0.508 e. The topological polar surface area (TPSA) is 154 Å². The number of hydrogen-bond donors (Lipinski definition) is 4. The first kappa shape index (κ1) is 43.3. The van der Waals surface area contributed by atoms with Crippen LogP contribution in [0.3, 0.4) is 0 Å². The van der Waals surface area contributed by atoms with Crippen LogP contribution in [0.4, 0.5) is 4.79 Å². The number of carbonyl (C=O) groups excluding carboxylic acids is 4. The van der Waals surface area contributed by atoms with Crippen molar-refractivity contribution in [2.75, 3.05) is 6.54 Å². The van der Waals surface area contributed by atoms with E-state index in [1.807, 2.05) is 30.3 Å². The molecule has 0 radical (unpaired) electrons. The first-order valence-corrected chi connectivity index (χ1v) is 18.9. The zero-order valence-corrected chi connectivity index (χ0v) is 32.9. The number of unbranched alkanes of at least 4 members (excludes halogenated alkanes) is 5. The zero-order chi connectivity index (χ0) is 39.9. The van der Waals surface area contributed by atoms with Gasteiger partial charge in [0, 0.05) is 19.4 Å². The molecule has 0 heterocycles. The molecule has 0 bridgehead atoms. The van der Waals surface area contributed by atoms with Gasteiger partial charge in [-0.2, -0.15) is 0 Å². The third-order valence-corrected chi connectivity index (χ3v) is 8.44. The summed E-state index contributed by atoms with van der Waals surface area (Å²) < 4.78 is 11.3. The Bertz CT molecular complexity index is 1650. The van der Waals surface area contributed by atoms with E-state index in [0.717, 1.165) is 37.7 Å². The molecule has 0 spiro atoms. The number of esters is 1. The first-order valence-electron chi connectivity index (χ1n) is 18.9. The molecule has 0 saturated carbocycles. The molecule has 3 unspecified atom stereocenters. The number of rotatable bonds is 18. The number of phenolic OH excluding ortho intramolecular Hbond substituents is 2. The number of nitrogens with one attached hydrogen (secondary N) is 2. The Morgan fingerprint density at radius 2 is 1.26 bits per heavy atom. The van der Waals surface area contributed by atoms with E-state index in [2.05, 4.69) is 17.6 Å². The molecule has 294 valence electrons. The average Bonchev–Trinajstić information content (AvgIpc) is 3.08. The molecule has 0 fully saturated rings. The summed E-state index contributed by atoms with van der Waals surface area (Å²) in [6.45, 7) is 12.6. The highest BCUT2D eigenvalue weighted by Crippen LogP contribution is 2.28. The minimum atomic E-state index is -1.32. The fourth-order valence-corrected chi connectivity index (χ4v) is 5.98. The number of alkyl carbamates (subject to hydrolysis) is 1. The Labute approximate surface area is 320 Å². The van der Waals surface area contributed by atoms with Gasteiger partial charge in [-0.1, -0.05) is 93.6 Å². The number of benzene rings is 3. The number of ether oxygens (including phenoxy) is 2. The van der Waals surface area contributed by atoms with E-state index in [0.29, 0.717) is 17.5 Å². The van der Waals surface area contributed by atoms with Crippen molar-refractivity contribution in [3.63, 3.8) is 0 Å². The summed E-state index contributed by atoms with van der Waals surface area (Å²) >= 11 is 0. The van der Waals surface area contributed by atoms with Crippen LogP contribution in [0.15, 0.2) is 78.9 Å². The lowest BCUT2D eigenvalue weighted by Crippen LogP contribution is -2.55. The molecule has 0 aliphatic carbocycles. The molecule has 3 rings (SSSR count). The van der Waals surface area contributed by atoms with Crippen LogP contribution in [-0.4, -0.2) is 68.8 Å². The molecule has 0 aliphatic heterocycles. The molecule has 3 aromatic carbocycles. The molecule has 54 heavy (non-hydrogen) atoms. The smallest absolute Gasteiger partial charge is 0.408 e. The van der Waals surface area contributed by atoms with Gasteiger partial charge < -0.3 is 35.2 Å². The van der Waals surface area contributed by atoms with E-state index in [4.69, 9.17) is 9.47 Å². The number of nitrogens with zero attached hydrogens (tertiary/aromatic N) is 1. The van der Waals surface area contributed by atoms with E-state index in [1.54, 1.807) is 65.8 Å². The first-order chi connectivity index (χ1) is 25.5. The van der Waals surface area contributed by atoms with Crippen LogP contribution in [0.1, 0.15) is 110 Å². The van der Waals surface area contributed by atoms with Crippen molar-refractivity contribution in [1.82, 2.24) is 15.5 Å². The van der Waals surface area contributed by atoms with Crippen LogP contribution in [0.2, 0.25) is 0 Å². The van der Waals surface area contributed by atoms with Gasteiger partial charge >= 0.3 is 12.1 Å². The average molecular weight is 746 g/mol. The van der Waals surface area contributed by atoms with Crippen LogP contribution in [0, 0.1) is 0 Å². The predicted molar refractivity (Wildman–Crippen MR) is 209 cm³/mol. The van der Waals surface area contributed by atoms with E-state index >= 15 is 0 Å². The van der Waals surface area contributed by atoms with Crippen LogP contribution in [-0.2, 0) is 36.7 Å².